The zero-order chi connectivity index (χ0) is 29.6. The fourth-order valence-electron chi connectivity index (χ4n) is 5.54. The summed E-state index contributed by atoms with van der Waals surface area (Å²) in [5, 5.41) is 0. The van der Waals surface area contributed by atoms with E-state index in [4.69, 9.17) is 4.74 Å². The van der Waals surface area contributed by atoms with Crippen molar-refractivity contribution in [3.05, 3.63) is 101 Å². The van der Waals surface area contributed by atoms with Crippen molar-refractivity contribution in [1.29, 1.82) is 0 Å². The van der Waals surface area contributed by atoms with Gasteiger partial charge in [0.1, 0.15) is 12.4 Å². The minimum Gasteiger partial charge on any atom is -0.481 e. The van der Waals surface area contributed by atoms with Crippen LogP contribution in [0.5, 0.6) is 5.75 Å². The van der Waals surface area contributed by atoms with Crippen LogP contribution in [-0.4, -0.2) is 48.0 Å². The molecule has 0 aromatic heterocycles. The summed E-state index contributed by atoms with van der Waals surface area (Å²) < 4.78 is 5.73. The minimum atomic E-state index is 0.128. The summed E-state index contributed by atoms with van der Waals surface area (Å²) in [7, 11) is 0. The van der Waals surface area contributed by atoms with Crippen molar-refractivity contribution in [3.63, 3.8) is 0 Å². The maximum atomic E-state index is 14.0. The van der Waals surface area contributed by atoms with Gasteiger partial charge in [-0.1, -0.05) is 87.9 Å². The highest BCUT2D eigenvalue weighted by Gasteiger charge is 2.29. The van der Waals surface area contributed by atoms with Crippen LogP contribution in [0.2, 0.25) is 0 Å². The van der Waals surface area contributed by atoms with Gasteiger partial charge in [-0.15, -0.1) is 0 Å². The van der Waals surface area contributed by atoms with Gasteiger partial charge in [-0.2, -0.15) is 0 Å². The molecule has 0 spiro atoms. The first kappa shape index (κ1) is 31.4. The molecule has 222 valence electrons. The SMILES string of the molecule is CCCCCc1ccc(C(=O)N(Cc2cccc(C#CCOc3ccccc3)c2)C2CCN(CCC(C)C)CC2)cc1. The summed E-state index contributed by atoms with van der Waals surface area (Å²) in [6.45, 7) is 11.0. The molecule has 0 atom stereocenters. The van der Waals surface area contributed by atoms with Crippen LogP contribution >= 0.6 is 0 Å². The molecule has 42 heavy (non-hydrogen) atoms. The third-order valence-electron chi connectivity index (χ3n) is 8.12. The molecule has 0 N–H and O–H groups in total. The Morgan fingerprint density at radius 2 is 1.71 bits per heavy atom. The second-order valence-electron chi connectivity index (χ2n) is 11.9. The molecule has 0 saturated carbocycles. The van der Waals surface area contributed by atoms with Gasteiger partial charge in [0.05, 0.1) is 0 Å². The highest BCUT2D eigenvalue weighted by molar-refractivity contribution is 5.94. The van der Waals surface area contributed by atoms with Crippen molar-refractivity contribution in [3.8, 4) is 17.6 Å². The van der Waals surface area contributed by atoms with Crippen molar-refractivity contribution >= 4 is 5.91 Å². The number of piperidine rings is 1. The van der Waals surface area contributed by atoms with E-state index < -0.39 is 0 Å². The van der Waals surface area contributed by atoms with E-state index in [-0.39, 0.29) is 11.9 Å². The predicted octanol–water partition coefficient (Wildman–Crippen LogP) is 8.00. The fraction of sp³-hybridized carbons (Fsp3) is 0.447. The predicted molar refractivity (Wildman–Crippen MR) is 174 cm³/mol. The zero-order valence-corrected chi connectivity index (χ0v) is 25.9. The van der Waals surface area contributed by atoms with Gasteiger partial charge in [0, 0.05) is 36.8 Å². The number of amides is 1. The molecule has 1 fully saturated rings. The molecular formula is C38H48N2O2. The average molecular weight is 565 g/mol. The Balaban J connectivity index is 1.45. The maximum Gasteiger partial charge on any atom is 0.254 e. The maximum absolute atomic E-state index is 14.0. The molecule has 3 aromatic carbocycles. The van der Waals surface area contributed by atoms with E-state index in [0.717, 1.165) is 61.3 Å². The molecule has 0 radical (unpaired) electrons. The number of rotatable bonds is 13. The Kier molecular flexibility index (Phi) is 12.5. The number of hydrogen-bond donors (Lipinski definition) is 0. The molecule has 0 aliphatic carbocycles. The summed E-state index contributed by atoms with van der Waals surface area (Å²) in [4.78, 5) is 18.7. The average Bonchev–Trinajstić information content (AvgIpc) is 3.02. The molecule has 3 aromatic rings. The van der Waals surface area contributed by atoms with Gasteiger partial charge in [0.2, 0.25) is 0 Å². The van der Waals surface area contributed by atoms with Crippen LogP contribution in [0.3, 0.4) is 0 Å². The summed E-state index contributed by atoms with van der Waals surface area (Å²) in [5.74, 6) is 8.03. The van der Waals surface area contributed by atoms with Gasteiger partial charge in [-0.3, -0.25) is 4.79 Å². The van der Waals surface area contributed by atoms with Gasteiger partial charge < -0.3 is 14.5 Å². The van der Waals surface area contributed by atoms with E-state index in [1.54, 1.807) is 0 Å². The molecule has 1 amide bonds. The van der Waals surface area contributed by atoms with Crippen molar-refractivity contribution in [2.75, 3.05) is 26.2 Å². The van der Waals surface area contributed by atoms with Gasteiger partial charge >= 0.3 is 0 Å². The largest absolute Gasteiger partial charge is 0.481 e. The van der Waals surface area contributed by atoms with E-state index in [1.807, 2.05) is 54.6 Å². The smallest absolute Gasteiger partial charge is 0.254 e. The number of benzene rings is 3. The van der Waals surface area contributed by atoms with Crippen LogP contribution in [0.15, 0.2) is 78.9 Å². The van der Waals surface area contributed by atoms with Crippen LogP contribution in [0.25, 0.3) is 0 Å². The third-order valence-corrected chi connectivity index (χ3v) is 8.12. The lowest BCUT2D eigenvalue weighted by Gasteiger charge is -2.39. The van der Waals surface area contributed by atoms with E-state index >= 15 is 0 Å². The van der Waals surface area contributed by atoms with Crippen molar-refractivity contribution in [2.24, 2.45) is 5.92 Å². The molecule has 0 unspecified atom stereocenters. The number of para-hydroxylation sites is 1. The highest BCUT2D eigenvalue weighted by atomic mass is 16.5. The number of unbranched alkanes of at least 4 members (excludes halogenated alkanes) is 2. The Hall–Kier alpha value is -3.55. The van der Waals surface area contributed by atoms with Crippen LogP contribution < -0.4 is 4.74 Å². The highest BCUT2D eigenvalue weighted by Crippen LogP contribution is 2.23. The number of aryl methyl sites for hydroxylation is 1. The number of ether oxygens (including phenoxy) is 1. The number of carbonyl (C=O) groups is 1. The van der Waals surface area contributed by atoms with Crippen LogP contribution in [0.4, 0.5) is 0 Å². The number of carbonyl (C=O) groups excluding carboxylic acids is 1. The standard InChI is InChI=1S/C38H48N2O2/c1-4-5-7-12-32-18-20-35(21-19-32)38(41)40(36-23-26-39(27-24-36)25-22-31(2)3)30-34-14-10-13-33(29-34)15-11-28-42-37-16-8-6-9-17-37/h6,8-10,13-14,16-21,29,31,36H,4-5,7,12,22-28,30H2,1-3H3. The quantitative estimate of drug-likeness (QED) is 0.156. The van der Waals surface area contributed by atoms with E-state index in [0.29, 0.717) is 19.1 Å². The van der Waals surface area contributed by atoms with Crippen molar-refractivity contribution in [2.45, 2.75) is 78.3 Å². The van der Waals surface area contributed by atoms with E-state index in [2.05, 4.69) is 66.7 Å². The molecule has 1 heterocycles. The molecule has 0 bridgehead atoms. The Bertz CT molecular complexity index is 1280. The number of hydrogen-bond acceptors (Lipinski definition) is 3. The number of likely N-dealkylation sites (tertiary alicyclic amines) is 1. The monoisotopic (exact) mass is 564 g/mol. The molecule has 4 nitrogen and oxygen atoms in total. The summed E-state index contributed by atoms with van der Waals surface area (Å²) in [6.07, 6.45) is 7.98. The first-order chi connectivity index (χ1) is 20.5. The lowest BCUT2D eigenvalue weighted by molar-refractivity contribution is 0.0546. The second-order valence-corrected chi connectivity index (χ2v) is 11.9. The van der Waals surface area contributed by atoms with Gasteiger partial charge in [-0.25, -0.2) is 0 Å². The molecule has 4 rings (SSSR count). The Morgan fingerprint density at radius 1 is 0.952 bits per heavy atom. The first-order valence-electron chi connectivity index (χ1n) is 15.9. The number of nitrogens with zero attached hydrogens (tertiary/aromatic N) is 2. The van der Waals surface area contributed by atoms with E-state index in [1.165, 1.54) is 31.2 Å². The minimum absolute atomic E-state index is 0.128. The second kappa shape index (κ2) is 16.8. The molecule has 1 saturated heterocycles. The molecule has 1 aliphatic rings. The summed E-state index contributed by atoms with van der Waals surface area (Å²) in [5.41, 5.74) is 4.15. The third kappa shape index (κ3) is 10.1. The van der Waals surface area contributed by atoms with Crippen molar-refractivity contribution < 1.29 is 9.53 Å². The van der Waals surface area contributed by atoms with Crippen LogP contribution in [-0.2, 0) is 13.0 Å². The van der Waals surface area contributed by atoms with Gasteiger partial charge in [-0.05, 0) is 92.1 Å². The summed E-state index contributed by atoms with van der Waals surface area (Å²) >= 11 is 0. The molecular weight excluding hydrogens is 516 g/mol. The zero-order valence-electron chi connectivity index (χ0n) is 25.9. The van der Waals surface area contributed by atoms with Crippen LogP contribution in [0.1, 0.15) is 86.3 Å². The first-order valence-corrected chi connectivity index (χ1v) is 15.9. The lowest BCUT2D eigenvalue weighted by atomic mass is 9.99. The van der Waals surface area contributed by atoms with Crippen LogP contribution in [0, 0.1) is 17.8 Å². The Labute approximate surface area is 254 Å². The van der Waals surface area contributed by atoms with E-state index in [9.17, 15) is 4.79 Å². The summed E-state index contributed by atoms with van der Waals surface area (Å²) in [6, 6.07) is 26.6. The fourth-order valence-corrected chi connectivity index (χ4v) is 5.54. The lowest BCUT2D eigenvalue weighted by Crippen LogP contribution is -2.47. The molecule has 4 heteroatoms. The topological polar surface area (TPSA) is 32.8 Å². The van der Waals surface area contributed by atoms with Gasteiger partial charge in [0.25, 0.3) is 5.91 Å². The normalized spacial score (nSPS) is 13.9. The van der Waals surface area contributed by atoms with Crippen molar-refractivity contribution in [1.82, 2.24) is 9.80 Å². The van der Waals surface area contributed by atoms with Gasteiger partial charge in [0.15, 0.2) is 0 Å². The Morgan fingerprint density at radius 3 is 2.43 bits per heavy atom. The molecule has 1 aliphatic heterocycles.